The molecule has 0 aromatic carbocycles. The highest BCUT2D eigenvalue weighted by atomic mass is 32.2. The van der Waals surface area contributed by atoms with E-state index in [1.54, 1.807) is 0 Å². The summed E-state index contributed by atoms with van der Waals surface area (Å²) in [6.45, 7) is 7.05. The van der Waals surface area contributed by atoms with Crippen LogP contribution in [0.2, 0.25) is 0 Å². The smallest absolute Gasteiger partial charge is 0.144 e. The highest BCUT2D eigenvalue weighted by Gasteiger charge is 2.23. The van der Waals surface area contributed by atoms with Gasteiger partial charge in [-0.3, -0.25) is 0 Å². The van der Waals surface area contributed by atoms with Crippen molar-refractivity contribution in [2.45, 2.75) is 39.7 Å². The van der Waals surface area contributed by atoms with E-state index in [-0.39, 0.29) is 5.41 Å². The van der Waals surface area contributed by atoms with E-state index in [4.69, 9.17) is 10.9 Å². The van der Waals surface area contributed by atoms with E-state index in [9.17, 15) is 0 Å². The van der Waals surface area contributed by atoms with Crippen molar-refractivity contribution in [1.29, 1.82) is 0 Å². The van der Waals surface area contributed by atoms with Crippen LogP contribution in [0.5, 0.6) is 0 Å². The third kappa shape index (κ3) is 5.61. The number of rotatable bonds is 8. The summed E-state index contributed by atoms with van der Waals surface area (Å²) in [5.74, 6) is 1.42. The van der Waals surface area contributed by atoms with Crippen LogP contribution in [0, 0.1) is 5.41 Å². The average Bonchev–Trinajstić information content (AvgIpc) is 2.26. The summed E-state index contributed by atoms with van der Waals surface area (Å²) in [6.07, 6.45) is 4.11. The van der Waals surface area contributed by atoms with Crippen LogP contribution in [0.15, 0.2) is 5.16 Å². The first-order valence-electron chi connectivity index (χ1n) is 5.68. The minimum Gasteiger partial charge on any atom is -0.409 e. The van der Waals surface area contributed by atoms with Crippen molar-refractivity contribution < 1.29 is 5.21 Å². The van der Waals surface area contributed by atoms with Gasteiger partial charge < -0.3 is 16.3 Å². The maximum atomic E-state index is 8.65. The summed E-state index contributed by atoms with van der Waals surface area (Å²) >= 11 is 1.85. The number of thioether (sulfide) groups is 1. The standard InChI is InChI=1S/C11H25N3OS/c1-5-9(8-16-4)13-7-6-11(2,3)10(12)14-15/h9,13,15H,5-8H2,1-4H3,(H2,12,14). The summed E-state index contributed by atoms with van der Waals surface area (Å²) in [5.41, 5.74) is 5.38. The highest BCUT2D eigenvalue weighted by molar-refractivity contribution is 7.98. The maximum Gasteiger partial charge on any atom is 0.144 e. The number of oxime groups is 1. The lowest BCUT2D eigenvalue weighted by Gasteiger charge is -2.24. The summed E-state index contributed by atoms with van der Waals surface area (Å²) in [6, 6.07) is 0.554. The Balaban J connectivity index is 3.96. The van der Waals surface area contributed by atoms with Crippen LogP contribution in [0.25, 0.3) is 0 Å². The Kier molecular flexibility index (Phi) is 7.58. The molecule has 0 spiro atoms. The summed E-state index contributed by atoms with van der Waals surface area (Å²) in [4.78, 5) is 0. The largest absolute Gasteiger partial charge is 0.409 e. The molecule has 96 valence electrons. The van der Waals surface area contributed by atoms with Gasteiger partial charge in [-0.2, -0.15) is 11.8 Å². The van der Waals surface area contributed by atoms with Gasteiger partial charge in [-0.25, -0.2) is 0 Å². The quantitative estimate of drug-likeness (QED) is 0.265. The van der Waals surface area contributed by atoms with Crippen LogP contribution in [0.4, 0.5) is 0 Å². The van der Waals surface area contributed by atoms with E-state index in [0.717, 1.165) is 25.1 Å². The molecule has 1 unspecified atom stereocenters. The van der Waals surface area contributed by atoms with Gasteiger partial charge in [0.25, 0.3) is 0 Å². The van der Waals surface area contributed by atoms with Gasteiger partial charge in [0.15, 0.2) is 0 Å². The molecule has 0 fully saturated rings. The van der Waals surface area contributed by atoms with E-state index in [1.165, 1.54) is 0 Å². The molecule has 4 nitrogen and oxygen atoms in total. The maximum absolute atomic E-state index is 8.65. The molecule has 0 aromatic rings. The van der Waals surface area contributed by atoms with Crippen LogP contribution in [0.3, 0.4) is 0 Å². The molecule has 0 heterocycles. The number of nitrogens with one attached hydrogen (secondary N) is 1. The minimum absolute atomic E-state index is 0.251. The first kappa shape index (κ1) is 15.6. The molecule has 5 heteroatoms. The first-order chi connectivity index (χ1) is 7.47. The molecule has 0 saturated heterocycles. The Morgan fingerprint density at radius 1 is 1.56 bits per heavy atom. The molecule has 0 amide bonds. The molecule has 0 bridgehead atoms. The van der Waals surface area contributed by atoms with E-state index in [2.05, 4.69) is 23.7 Å². The topological polar surface area (TPSA) is 70.6 Å². The van der Waals surface area contributed by atoms with Gasteiger partial charge in [-0.05, 0) is 25.6 Å². The molecule has 0 radical (unpaired) electrons. The fourth-order valence-corrected chi connectivity index (χ4v) is 2.13. The first-order valence-corrected chi connectivity index (χ1v) is 7.07. The van der Waals surface area contributed by atoms with Crippen molar-refractivity contribution in [3.05, 3.63) is 0 Å². The zero-order valence-corrected chi connectivity index (χ0v) is 11.6. The van der Waals surface area contributed by atoms with Crippen molar-refractivity contribution in [3.8, 4) is 0 Å². The summed E-state index contributed by atoms with van der Waals surface area (Å²) in [5, 5.41) is 15.2. The van der Waals surface area contributed by atoms with Gasteiger partial charge in [0.2, 0.25) is 0 Å². The molecule has 0 aliphatic heterocycles. The number of nitrogens with zero attached hydrogens (tertiary/aromatic N) is 1. The van der Waals surface area contributed by atoms with Crippen molar-refractivity contribution in [1.82, 2.24) is 5.32 Å². The Hall–Kier alpha value is -0.420. The highest BCUT2D eigenvalue weighted by Crippen LogP contribution is 2.19. The van der Waals surface area contributed by atoms with E-state index in [1.807, 2.05) is 25.6 Å². The number of amidine groups is 1. The van der Waals surface area contributed by atoms with Crippen LogP contribution in [0.1, 0.15) is 33.6 Å². The lowest BCUT2D eigenvalue weighted by atomic mass is 9.88. The molecule has 16 heavy (non-hydrogen) atoms. The molecule has 0 saturated carbocycles. The van der Waals surface area contributed by atoms with Gasteiger partial charge in [0.05, 0.1) is 0 Å². The molecular weight excluding hydrogens is 222 g/mol. The Bertz CT molecular complexity index is 219. The lowest BCUT2D eigenvalue weighted by Crippen LogP contribution is -2.38. The van der Waals surface area contributed by atoms with Crippen LogP contribution < -0.4 is 11.1 Å². The fourth-order valence-electron chi connectivity index (χ4n) is 1.37. The number of hydrogen-bond acceptors (Lipinski definition) is 4. The van der Waals surface area contributed by atoms with Crippen LogP contribution >= 0.6 is 11.8 Å². The van der Waals surface area contributed by atoms with Gasteiger partial charge in [-0.1, -0.05) is 25.9 Å². The Labute approximate surface area is 103 Å². The second kappa shape index (κ2) is 7.79. The zero-order chi connectivity index (χ0) is 12.6. The average molecular weight is 247 g/mol. The molecule has 4 N–H and O–H groups in total. The van der Waals surface area contributed by atoms with Crippen molar-refractivity contribution >= 4 is 17.6 Å². The van der Waals surface area contributed by atoms with Crippen LogP contribution in [-0.2, 0) is 0 Å². The Morgan fingerprint density at radius 3 is 2.62 bits per heavy atom. The molecule has 0 aliphatic carbocycles. The van der Waals surface area contributed by atoms with Crippen molar-refractivity contribution in [2.75, 3.05) is 18.6 Å². The zero-order valence-electron chi connectivity index (χ0n) is 10.8. The van der Waals surface area contributed by atoms with Gasteiger partial charge >= 0.3 is 0 Å². The van der Waals surface area contributed by atoms with Crippen molar-refractivity contribution in [3.63, 3.8) is 0 Å². The molecule has 0 rings (SSSR count). The summed E-state index contributed by atoms with van der Waals surface area (Å²) in [7, 11) is 0. The fraction of sp³-hybridized carbons (Fsp3) is 0.909. The molecular formula is C11H25N3OS. The van der Waals surface area contributed by atoms with E-state index in [0.29, 0.717) is 11.9 Å². The number of nitrogens with two attached hydrogens (primary N) is 1. The monoisotopic (exact) mass is 247 g/mol. The molecule has 1 atom stereocenters. The lowest BCUT2D eigenvalue weighted by molar-refractivity contribution is 0.304. The van der Waals surface area contributed by atoms with E-state index >= 15 is 0 Å². The molecule has 0 aromatic heterocycles. The van der Waals surface area contributed by atoms with Gasteiger partial charge in [0, 0.05) is 17.2 Å². The SMILES string of the molecule is CCC(CSC)NCCC(C)(C)C(N)=NO. The third-order valence-corrected chi connectivity index (χ3v) is 3.58. The predicted molar refractivity (Wildman–Crippen MR) is 72.3 cm³/mol. The Morgan fingerprint density at radius 2 is 2.19 bits per heavy atom. The minimum atomic E-state index is -0.251. The second-order valence-electron chi connectivity index (χ2n) is 4.63. The second-order valence-corrected chi connectivity index (χ2v) is 5.54. The number of hydrogen-bond donors (Lipinski definition) is 3. The predicted octanol–water partition coefficient (Wildman–Crippen LogP) is 1.88. The van der Waals surface area contributed by atoms with Crippen LogP contribution in [-0.4, -0.2) is 35.6 Å². The molecule has 0 aliphatic rings. The van der Waals surface area contributed by atoms with Gasteiger partial charge in [-0.15, -0.1) is 0 Å². The third-order valence-electron chi connectivity index (χ3n) is 2.84. The normalized spacial score (nSPS) is 15.1. The van der Waals surface area contributed by atoms with Crippen molar-refractivity contribution in [2.24, 2.45) is 16.3 Å². The van der Waals surface area contributed by atoms with E-state index < -0.39 is 0 Å². The van der Waals surface area contributed by atoms with Gasteiger partial charge in [0.1, 0.15) is 5.84 Å². The summed E-state index contributed by atoms with van der Waals surface area (Å²) < 4.78 is 0.